The minimum absolute atomic E-state index is 0.312. The number of rotatable bonds is 3. The maximum Gasteiger partial charge on any atom is 0.214 e. The molecule has 5 nitrogen and oxygen atoms in total. The van der Waals surface area contributed by atoms with Crippen molar-refractivity contribution in [3.63, 3.8) is 0 Å². The van der Waals surface area contributed by atoms with E-state index in [0.717, 1.165) is 0 Å². The minimum atomic E-state index is -0.778. The molecule has 0 radical (unpaired) electrons. The summed E-state index contributed by atoms with van der Waals surface area (Å²) in [5, 5.41) is 9.83. The van der Waals surface area contributed by atoms with Crippen LogP contribution in [0.5, 0.6) is 0 Å². The Kier molecular flexibility index (Phi) is 9.06. The molecule has 0 aliphatic rings. The molecule has 5 heteroatoms. The fraction of sp³-hybridized carbons (Fsp3) is 1.00. The third-order valence-electron chi connectivity index (χ3n) is 1.04. The van der Waals surface area contributed by atoms with Crippen LogP contribution in [0.15, 0.2) is 0 Å². The van der Waals surface area contributed by atoms with Gasteiger partial charge in [-0.25, -0.2) is 0 Å². The summed E-state index contributed by atoms with van der Waals surface area (Å²) in [5.41, 5.74) is -0.778. The molecule has 0 fully saturated rings. The second-order valence-electron chi connectivity index (χ2n) is 3.41. The molecule has 0 rings (SSSR count). The van der Waals surface area contributed by atoms with Gasteiger partial charge in [-0.1, -0.05) is 0 Å². The predicted octanol–water partition coefficient (Wildman–Crippen LogP) is 1.34. The third-order valence-corrected chi connectivity index (χ3v) is 1.04. The highest BCUT2D eigenvalue weighted by molar-refractivity contribution is 4.54. The number of hydrogen-bond donors (Lipinski definition) is 0. The van der Waals surface area contributed by atoms with Crippen LogP contribution in [0.4, 0.5) is 0 Å². The average molecular weight is 193 g/mol. The van der Waals surface area contributed by atoms with Crippen LogP contribution in [0.1, 0.15) is 20.8 Å². The molecule has 0 atom stereocenters. The van der Waals surface area contributed by atoms with Crippen LogP contribution >= 0.6 is 0 Å². The molecule has 13 heavy (non-hydrogen) atoms. The van der Waals surface area contributed by atoms with E-state index in [1.165, 1.54) is 0 Å². The Morgan fingerprint density at radius 2 is 1.38 bits per heavy atom. The average Bonchev–Trinajstić information content (AvgIpc) is 2.00. The largest absolute Gasteiger partial charge is 0.382 e. The molecular formula is C8H19NO4. The standard InChI is InChI=1S/C4H9NO2.C4H10O2/c1-4(2,3)5(6)7;1-5-3-4-6-2/h1-3H3;3-4H2,1-2H3. The van der Waals surface area contributed by atoms with Crippen molar-refractivity contribution >= 4 is 0 Å². The summed E-state index contributed by atoms with van der Waals surface area (Å²) in [7, 11) is 3.30. The predicted molar refractivity (Wildman–Crippen MR) is 50.5 cm³/mol. The van der Waals surface area contributed by atoms with Crippen molar-refractivity contribution in [2.45, 2.75) is 26.3 Å². The van der Waals surface area contributed by atoms with Gasteiger partial charge in [0.25, 0.3) is 0 Å². The van der Waals surface area contributed by atoms with Crippen molar-refractivity contribution in [1.82, 2.24) is 0 Å². The van der Waals surface area contributed by atoms with Crippen molar-refractivity contribution in [3.05, 3.63) is 10.1 Å². The first kappa shape index (κ1) is 14.8. The molecule has 80 valence electrons. The molecule has 0 aromatic heterocycles. The van der Waals surface area contributed by atoms with Crippen LogP contribution in [-0.2, 0) is 9.47 Å². The summed E-state index contributed by atoms with van der Waals surface area (Å²) >= 11 is 0. The molecule has 0 N–H and O–H groups in total. The van der Waals surface area contributed by atoms with Crippen molar-refractivity contribution in [2.75, 3.05) is 27.4 Å². The molecule has 0 saturated carbocycles. The van der Waals surface area contributed by atoms with E-state index < -0.39 is 5.54 Å². The summed E-state index contributed by atoms with van der Waals surface area (Å²) < 4.78 is 9.31. The van der Waals surface area contributed by atoms with Crippen LogP contribution in [0.25, 0.3) is 0 Å². The number of ether oxygens (including phenoxy) is 2. The highest BCUT2D eigenvalue weighted by Gasteiger charge is 2.21. The lowest BCUT2D eigenvalue weighted by molar-refractivity contribution is -0.555. The lowest BCUT2D eigenvalue weighted by Gasteiger charge is -2.05. The lowest BCUT2D eigenvalue weighted by Crippen LogP contribution is -2.25. The Labute approximate surface area is 79.2 Å². The monoisotopic (exact) mass is 193 g/mol. The summed E-state index contributed by atoms with van der Waals surface area (Å²) in [6, 6.07) is 0. The molecule has 0 aliphatic heterocycles. The van der Waals surface area contributed by atoms with Gasteiger partial charge in [0.1, 0.15) is 0 Å². The van der Waals surface area contributed by atoms with Crippen molar-refractivity contribution in [1.29, 1.82) is 0 Å². The van der Waals surface area contributed by atoms with E-state index in [9.17, 15) is 10.1 Å². The molecule has 0 aromatic carbocycles. The van der Waals surface area contributed by atoms with E-state index in [0.29, 0.717) is 13.2 Å². The minimum Gasteiger partial charge on any atom is -0.382 e. The first-order valence-electron chi connectivity index (χ1n) is 3.98. The number of nitro groups is 1. The molecule has 0 saturated heterocycles. The van der Waals surface area contributed by atoms with Gasteiger partial charge >= 0.3 is 0 Å². The lowest BCUT2D eigenvalue weighted by atomic mass is 10.1. The number of nitrogens with zero attached hydrogens (tertiary/aromatic N) is 1. The first-order chi connectivity index (χ1) is 5.86. The molecule has 0 amide bonds. The molecule has 0 bridgehead atoms. The van der Waals surface area contributed by atoms with Crippen molar-refractivity contribution in [2.24, 2.45) is 0 Å². The molecule has 0 aromatic rings. The second kappa shape index (κ2) is 7.94. The maximum atomic E-state index is 9.83. The summed E-state index contributed by atoms with van der Waals surface area (Å²) in [5.74, 6) is 0. The van der Waals surface area contributed by atoms with Crippen LogP contribution in [-0.4, -0.2) is 37.9 Å². The third kappa shape index (κ3) is 14.2. The topological polar surface area (TPSA) is 61.6 Å². The van der Waals surface area contributed by atoms with Gasteiger partial charge in [-0.15, -0.1) is 0 Å². The Hall–Kier alpha value is -0.680. The molecule has 0 heterocycles. The SMILES string of the molecule is CC(C)(C)[N+](=O)[O-].COCCOC. The molecule has 0 spiro atoms. The summed E-state index contributed by atoms with van der Waals surface area (Å²) in [4.78, 5) is 9.51. The first-order valence-corrected chi connectivity index (χ1v) is 3.98. The zero-order valence-corrected chi connectivity index (χ0v) is 8.99. The zero-order chi connectivity index (χ0) is 10.9. The van der Waals surface area contributed by atoms with E-state index in [1.807, 2.05) is 0 Å². The van der Waals surface area contributed by atoms with Gasteiger partial charge in [0.2, 0.25) is 5.54 Å². The second-order valence-corrected chi connectivity index (χ2v) is 3.41. The number of methoxy groups -OCH3 is 2. The van der Waals surface area contributed by atoms with Gasteiger partial charge in [-0.3, -0.25) is 10.1 Å². The summed E-state index contributed by atoms with van der Waals surface area (Å²) in [6.07, 6.45) is 0. The van der Waals surface area contributed by atoms with Gasteiger partial charge in [-0.2, -0.15) is 0 Å². The van der Waals surface area contributed by atoms with Crippen molar-refractivity contribution < 1.29 is 14.4 Å². The normalized spacial score (nSPS) is 10.2. The van der Waals surface area contributed by atoms with Gasteiger partial charge in [-0.05, 0) is 0 Å². The fourth-order valence-electron chi connectivity index (χ4n) is 0.167. The van der Waals surface area contributed by atoms with Gasteiger partial charge < -0.3 is 9.47 Å². The Morgan fingerprint density at radius 3 is 1.46 bits per heavy atom. The van der Waals surface area contributed by atoms with Crippen LogP contribution < -0.4 is 0 Å². The van der Waals surface area contributed by atoms with Crippen LogP contribution in [0.3, 0.4) is 0 Å². The maximum absolute atomic E-state index is 9.83. The quantitative estimate of drug-likeness (QED) is 0.385. The smallest absolute Gasteiger partial charge is 0.214 e. The van der Waals surface area contributed by atoms with Gasteiger partial charge in [0.05, 0.1) is 13.2 Å². The highest BCUT2D eigenvalue weighted by atomic mass is 16.6. The van der Waals surface area contributed by atoms with E-state index >= 15 is 0 Å². The number of hydrogen-bond acceptors (Lipinski definition) is 4. The highest BCUT2D eigenvalue weighted by Crippen LogP contribution is 2.02. The van der Waals surface area contributed by atoms with E-state index in [2.05, 4.69) is 9.47 Å². The van der Waals surface area contributed by atoms with Crippen molar-refractivity contribution in [3.8, 4) is 0 Å². The zero-order valence-electron chi connectivity index (χ0n) is 8.99. The Morgan fingerprint density at radius 1 is 1.15 bits per heavy atom. The fourth-order valence-corrected chi connectivity index (χ4v) is 0.167. The summed E-state index contributed by atoms with van der Waals surface area (Å²) in [6.45, 7) is 6.07. The van der Waals surface area contributed by atoms with E-state index in [4.69, 9.17) is 0 Å². The van der Waals surface area contributed by atoms with Gasteiger partial charge in [0.15, 0.2) is 0 Å². The van der Waals surface area contributed by atoms with Gasteiger partial charge in [0, 0.05) is 39.9 Å². The van der Waals surface area contributed by atoms with Crippen LogP contribution in [0.2, 0.25) is 0 Å². The molecule has 0 unspecified atom stereocenters. The molecule has 0 aliphatic carbocycles. The van der Waals surface area contributed by atoms with Crippen LogP contribution in [0, 0.1) is 10.1 Å². The van der Waals surface area contributed by atoms with E-state index in [-0.39, 0.29) is 4.92 Å². The van der Waals surface area contributed by atoms with E-state index in [1.54, 1.807) is 35.0 Å². The Balaban J connectivity index is 0. The molecular weight excluding hydrogens is 174 g/mol. The Bertz CT molecular complexity index is 127.